The lowest BCUT2D eigenvalue weighted by atomic mass is 10.1. The van der Waals surface area contributed by atoms with Crippen molar-refractivity contribution in [2.24, 2.45) is 0 Å². The third kappa shape index (κ3) is 4.47. The number of hydrogen-bond donors (Lipinski definition) is 0. The second kappa shape index (κ2) is 8.60. The number of hydrogen-bond acceptors (Lipinski definition) is 6. The molecule has 0 radical (unpaired) electrons. The molecule has 0 unspecified atom stereocenters. The molecule has 0 aliphatic carbocycles. The standard InChI is InChI=1S/C20H23N3O3/c1-23(12-15-4-5-20(25-3)17(10-15)14-24-2)13-18-11-19(22-26-18)16-6-8-21-9-7-16/h4-11H,12-14H2,1-3H3. The van der Waals surface area contributed by atoms with Gasteiger partial charge >= 0.3 is 0 Å². The maximum absolute atomic E-state index is 5.47. The van der Waals surface area contributed by atoms with Crippen molar-refractivity contribution in [3.05, 3.63) is 65.7 Å². The summed E-state index contributed by atoms with van der Waals surface area (Å²) in [6.07, 6.45) is 3.49. The summed E-state index contributed by atoms with van der Waals surface area (Å²) in [4.78, 5) is 6.20. The van der Waals surface area contributed by atoms with E-state index in [2.05, 4.69) is 34.2 Å². The minimum Gasteiger partial charge on any atom is -0.496 e. The number of rotatable bonds is 8. The highest BCUT2D eigenvalue weighted by Crippen LogP contribution is 2.22. The Morgan fingerprint density at radius 3 is 2.58 bits per heavy atom. The van der Waals surface area contributed by atoms with Crippen LogP contribution in [0.5, 0.6) is 5.75 Å². The molecule has 136 valence electrons. The molecule has 0 spiro atoms. The van der Waals surface area contributed by atoms with Gasteiger partial charge in [0.05, 0.1) is 20.3 Å². The summed E-state index contributed by atoms with van der Waals surface area (Å²) in [7, 11) is 5.40. The molecular weight excluding hydrogens is 330 g/mol. The molecule has 6 nitrogen and oxygen atoms in total. The highest BCUT2D eigenvalue weighted by atomic mass is 16.5. The fourth-order valence-electron chi connectivity index (χ4n) is 2.88. The van der Waals surface area contributed by atoms with Gasteiger partial charge in [-0.1, -0.05) is 11.2 Å². The van der Waals surface area contributed by atoms with Gasteiger partial charge in [-0.15, -0.1) is 0 Å². The van der Waals surface area contributed by atoms with Gasteiger partial charge in [-0.25, -0.2) is 0 Å². The smallest absolute Gasteiger partial charge is 0.151 e. The van der Waals surface area contributed by atoms with Gasteiger partial charge in [-0.2, -0.15) is 0 Å². The molecule has 0 N–H and O–H groups in total. The van der Waals surface area contributed by atoms with Crippen LogP contribution in [0.1, 0.15) is 16.9 Å². The monoisotopic (exact) mass is 353 g/mol. The molecule has 26 heavy (non-hydrogen) atoms. The summed E-state index contributed by atoms with van der Waals surface area (Å²) in [6.45, 7) is 1.98. The van der Waals surface area contributed by atoms with E-state index in [1.165, 1.54) is 5.56 Å². The van der Waals surface area contributed by atoms with Gasteiger partial charge < -0.3 is 14.0 Å². The summed E-state index contributed by atoms with van der Waals surface area (Å²) in [6, 6.07) is 12.0. The van der Waals surface area contributed by atoms with Gasteiger partial charge in [0.15, 0.2) is 5.76 Å². The van der Waals surface area contributed by atoms with E-state index >= 15 is 0 Å². The zero-order chi connectivity index (χ0) is 18.4. The molecule has 3 rings (SSSR count). The van der Waals surface area contributed by atoms with Crippen LogP contribution in [0.15, 0.2) is 53.3 Å². The maximum atomic E-state index is 5.47. The first-order valence-corrected chi connectivity index (χ1v) is 8.39. The predicted molar refractivity (Wildman–Crippen MR) is 98.6 cm³/mol. The second-order valence-electron chi connectivity index (χ2n) is 6.17. The number of ether oxygens (including phenoxy) is 2. The van der Waals surface area contributed by atoms with Crippen molar-refractivity contribution in [1.29, 1.82) is 0 Å². The van der Waals surface area contributed by atoms with Gasteiger partial charge in [-0.3, -0.25) is 9.88 Å². The normalized spacial score (nSPS) is 11.1. The van der Waals surface area contributed by atoms with Gasteiger partial charge in [0.25, 0.3) is 0 Å². The van der Waals surface area contributed by atoms with Crippen LogP contribution >= 0.6 is 0 Å². The lowest BCUT2D eigenvalue weighted by Crippen LogP contribution is -2.17. The molecule has 0 bridgehead atoms. The Bertz CT molecular complexity index is 833. The summed E-state index contributed by atoms with van der Waals surface area (Å²) in [5.74, 6) is 1.67. The van der Waals surface area contributed by atoms with E-state index in [0.29, 0.717) is 13.2 Å². The molecule has 1 aromatic carbocycles. The van der Waals surface area contributed by atoms with Crippen LogP contribution in [-0.2, 0) is 24.4 Å². The quantitative estimate of drug-likeness (QED) is 0.617. The first-order chi connectivity index (χ1) is 12.7. The van der Waals surface area contributed by atoms with E-state index in [0.717, 1.165) is 34.9 Å². The Labute approximate surface area is 153 Å². The van der Waals surface area contributed by atoms with Crippen LogP contribution in [0, 0.1) is 0 Å². The Morgan fingerprint density at radius 2 is 1.85 bits per heavy atom. The van der Waals surface area contributed by atoms with Crippen LogP contribution in [0.2, 0.25) is 0 Å². The number of benzene rings is 1. The molecule has 0 aliphatic heterocycles. The van der Waals surface area contributed by atoms with Crippen LogP contribution in [-0.4, -0.2) is 36.3 Å². The fourth-order valence-corrected chi connectivity index (χ4v) is 2.88. The molecule has 0 amide bonds. The van der Waals surface area contributed by atoms with Crippen LogP contribution in [0.4, 0.5) is 0 Å². The molecule has 2 aromatic heterocycles. The Morgan fingerprint density at radius 1 is 1.04 bits per heavy atom. The summed E-state index contributed by atoms with van der Waals surface area (Å²) < 4.78 is 16.1. The molecule has 2 heterocycles. The SMILES string of the molecule is COCc1cc(CN(C)Cc2cc(-c3ccncc3)no2)ccc1OC. The van der Waals surface area contributed by atoms with Crippen molar-refractivity contribution in [2.45, 2.75) is 19.7 Å². The number of nitrogens with zero attached hydrogens (tertiary/aromatic N) is 3. The van der Waals surface area contributed by atoms with Crippen LogP contribution in [0.25, 0.3) is 11.3 Å². The minimum absolute atomic E-state index is 0.526. The largest absolute Gasteiger partial charge is 0.496 e. The second-order valence-corrected chi connectivity index (χ2v) is 6.17. The van der Waals surface area contributed by atoms with Gasteiger partial charge in [0, 0.05) is 43.2 Å². The Kier molecular flexibility index (Phi) is 5.99. The lowest BCUT2D eigenvalue weighted by molar-refractivity contribution is 0.181. The molecular formula is C20H23N3O3. The zero-order valence-corrected chi connectivity index (χ0v) is 15.3. The molecule has 0 fully saturated rings. The fraction of sp³-hybridized carbons (Fsp3) is 0.300. The first-order valence-electron chi connectivity index (χ1n) is 8.39. The maximum Gasteiger partial charge on any atom is 0.151 e. The Balaban J connectivity index is 1.65. The Hall–Kier alpha value is -2.70. The summed E-state index contributed by atoms with van der Waals surface area (Å²) in [5, 5.41) is 4.15. The van der Waals surface area contributed by atoms with E-state index in [-0.39, 0.29) is 0 Å². The third-order valence-electron chi connectivity index (χ3n) is 4.06. The van der Waals surface area contributed by atoms with E-state index in [1.54, 1.807) is 26.6 Å². The average molecular weight is 353 g/mol. The summed E-state index contributed by atoms with van der Waals surface area (Å²) >= 11 is 0. The molecule has 0 atom stereocenters. The van der Waals surface area contributed by atoms with Gasteiger partial charge in [-0.05, 0) is 36.9 Å². The molecule has 6 heteroatoms. The van der Waals surface area contributed by atoms with Gasteiger partial charge in [0.2, 0.25) is 0 Å². The average Bonchev–Trinajstić information content (AvgIpc) is 3.11. The molecule has 0 saturated carbocycles. The lowest BCUT2D eigenvalue weighted by Gasteiger charge is -2.16. The predicted octanol–water partition coefficient (Wildman–Crippen LogP) is 3.52. The van der Waals surface area contributed by atoms with Crippen molar-refractivity contribution in [3.8, 4) is 17.0 Å². The van der Waals surface area contributed by atoms with Crippen molar-refractivity contribution in [2.75, 3.05) is 21.3 Å². The highest BCUT2D eigenvalue weighted by molar-refractivity contribution is 5.57. The summed E-state index contributed by atoms with van der Waals surface area (Å²) in [5.41, 5.74) is 4.05. The van der Waals surface area contributed by atoms with Crippen molar-refractivity contribution in [1.82, 2.24) is 15.0 Å². The zero-order valence-electron chi connectivity index (χ0n) is 15.3. The van der Waals surface area contributed by atoms with E-state index < -0.39 is 0 Å². The van der Waals surface area contributed by atoms with Gasteiger partial charge in [0.1, 0.15) is 11.4 Å². The molecule has 3 aromatic rings. The molecule has 0 saturated heterocycles. The van der Waals surface area contributed by atoms with Crippen LogP contribution < -0.4 is 4.74 Å². The van der Waals surface area contributed by atoms with Crippen molar-refractivity contribution >= 4 is 0 Å². The first kappa shape index (κ1) is 18.1. The number of aromatic nitrogens is 2. The third-order valence-corrected chi connectivity index (χ3v) is 4.06. The van der Waals surface area contributed by atoms with E-state index in [9.17, 15) is 0 Å². The van der Waals surface area contributed by atoms with E-state index in [4.69, 9.17) is 14.0 Å². The number of pyridine rings is 1. The minimum atomic E-state index is 0.526. The van der Waals surface area contributed by atoms with Crippen LogP contribution in [0.3, 0.4) is 0 Å². The van der Waals surface area contributed by atoms with E-state index in [1.807, 2.05) is 24.3 Å². The van der Waals surface area contributed by atoms with Crippen molar-refractivity contribution in [3.63, 3.8) is 0 Å². The highest BCUT2D eigenvalue weighted by Gasteiger charge is 2.11. The van der Waals surface area contributed by atoms with Crippen molar-refractivity contribution < 1.29 is 14.0 Å². The molecule has 0 aliphatic rings. The number of methoxy groups -OCH3 is 2. The topological polar surface area (TPSA) is 60.6 Å².